The maximum Gasteiger partial charge on any atom is 0.324 e. The van der Waals surface area contributed by atoms with Crippen molar-refractivity contribution in [1.82, 2.24) is 4.90 Å². The third-order valence-electron chi connectivity index (χ3n) is 3.57. The number of carboxylic acids is 1. The molecule has 2 aromatic rings. The van der Waals surface area contributed by atoms with Gasteiger partial charge in [-0.15, -0.1) is 0 Å². The van der Waals surface area contributed by atoms with Crippen LogP contribution in [0.1, 0.15) is 11.1 Å². The first-order valence-electron chi connectivity index (χ1n) is 6.70. The minimum Gasteiger partial charge on any atom is -0.480 e. The van der Waals surface area contributed by atoms with Crippen LogP contribution in [0.15, 0.2) is 60.7 Å². The average Bonchev–Trinajstić information content (AvgIpc) is 2.48. The number of nitrogens with zero attached hydrogens (tertiary/aromatic N) is 1. The highest BCUT2D eigenvalue weighted by molar-refractivity contribution is 5.77. The van der Waals surface area contributed by atoms with Crippen LogP contribution in [-0.4, -0.2) is 41.2 Å². The van der Waals surface area contributed by atoms with Crippen LogP contribution < -0.4 is 0 Å². The van der Waals surface area contributed by atoms with Gasteiger partial charge in [-0.2, -0.15) is 0 Å². The van der Waals surface area contributed by atoms with Crippen LogP contribution in [0.5, 0.6) is 0 Å². The molecule has 0 aliphatic rings. The molecule has 1 atom stereocenters. The number of hydrogen-bond donors (Lipinski definition) is 2. The quantitative estimate of drug-likeness (QED) is 0.881. The van der Waals surface area contributed by atoms with Crippen LogP contribution in [0.25, 0.3) is 0 Å². The van der Waals surface area contributed by atoms with Crippen molar-refractivity contribution in [2.75, 3.05) is 14.1 Å². The lowest BCUT2D eigenvalue weighted by Gasteiger charge is -2.38. The molecule has 0 spiro atoms. The molecule has 0 heterocycles. The van der Waals surface area contributed by atoms with E-state index >= 15 is 0 Å². The molecule has 4 nitrogen and oxygen atoms in total. The van der Waals surface area contributed by atoms with Gasteiger partial charge in [-0.1, -0.05) is 60.7 Å². The Kier molecular flexibility index (Phi) is 4.40. The summed E-state index contributed by atoms with van der Waals surface area (Å²) >= 11 is 0. The summed E-state index contributed by atoms with van der Waals surface area (Å²) < 4.78 is 0. The maximum absolute atomic E-state index is 11.7. The van der Waals surface area contributed by atoms with E-state index in [1.807, 2.05) is 12.1 Å². The molecule has 0 aliphatic heterocycles. The van der Waals surface area contributed by atoms with E-state index in [0.717, 1.165) is 0 Å². The van der Waals surface area contributed by atoms with E-state index in [9.17, 15) is 15.0 Å². The number of aliphatic carboxylic acids is 1. The summed E-state index contributed by atoms with van der Waals surface area (Å²) in [5.41, 5.74) is -0.521. The van der Waals surface area contributed by atoms with Crippen molar-refractivity contribution in [2.45, 2.75) is 11.6 Å². The highest BCUT2D eigenvalue weighted by Crippen LogP contribution is 2.35. The van der Waals surface area contributed by atoms with Gasteiger partial charge in [-0.25, -0.2) is 0 Å². The van der Waals surface area contributed by atoms with Crippen molar-refractivity contribution in [2.24, 2.45) is 0 Å². The summed E-state index contributed by atoms with van der Waals surface area (Å²) in [6.07, 6.45) is 0. The minimum atomic E-state index is -1.63. The van der Waals surface area contributed by atoms with Crippen molar-refractivity contribution in [1.29, 1.82) is 0 Å². The zero-order valence-electron chi connectivity index (χ0n) is 12.1. The second kappa shape index (κ2) is 6.08. The summed E-state index contributed by atoms with van der Waals surface area (Å²) in [6.45, 7) is 0. The van der Waals surface area contributed by atoms with E-state index in [1.54, 1.807) is 62.6 Å². The summed E-state index contributed by atoms with van der Waals surface area (Å²) in [6, 6.07) is 16.7. The predicted molar refractivity (Wildman–Crippen MR) is 81.0 cm³/mol. The first-order valence-corrected chi connectivity index (χ1v) is 6.70. The van der Waals surface area contributed by atoms with Crippen molar-refractivity contribution in [3.05, 3.63) is 71.8 Å². The second-order valence-electron chi connectivity index (χ2n) is 5.20. The van der Waals surface area contributed by atoms with Crippen molar-refractivity contribution in [3.63, 3.8) is 0 Å². The fraction of sp³-hybridized carbons (Fsp3) is 0.235. The van der Waals surface area contributed by atoms with Gasteiger partial charge in [0, 0.05) is 0 Å². The molecule has 2 N–H and O–H groups in total. The first-order chi connectivity index (χ1) is 9.98. The number of carbonyl (C=O) groups is 1. The molecule has 0 saturated heterocycles. The Morgan fingerprint density at radius 2 is 1.33 bits per heavy atom. The molecule has 110 valence electrons. The molecule has 0 bridgehead atoms. The van der Waals surface area contributed by atoms with Gasteiger partial charge in [0.2, 0.25) is 0 Å². The number of likely N-dealkylation sites (N-methyl/N-ethyl adjacent to an activating group) is 1. The number of benzene rings is 2. The average molecular weight is 285 g/mol. The van der Waals surface area contributed by atoms with E-state index < -0.39 is 17.6 Å². The van der Waals surface area contributed by atoms with Gasteiger partial charge >= 0.3 is 5.97 Å². The molecular formula is C17H19NO3. The zero-order valence-corrected chi connectivity index (χ0v) is 12.1. The van der Waals surface area contributed by atoms with E-state index in [4.69, 9.17) is 0 Å². The standard InChI is InChI=1S/C17H19NO3/c1-18(2)15(16(19)20)17(21,13-9-5-3-6-10-13)14-11-7-4-8-12-14/h3-12,15,21H,1-2H3,(H,19,20)/t15-/m1/s1. The van der Waals surface area contributed by atoms with Crippen molar-refractivity contribution in [3.8, 4) is 0 Å². The predicted octanol–water partition coefficient (Wildman–Crippen LogP) is 1.94. The van der Waals surface area contributed by atoms with Gasteiger partial charge in [-0.05, 0) is 25.2 Å². The molecule has 2 rings (SSSR count). The van der Waals surface area contributed by atoms with E-state index in [0.29, 0.717) is 11.1 Å². The third-order valence-corrected chi connectivity index (χ3v) is 3.57. The molecule has 0 radical (unpaired) electrons. The van der Waals surface area contributed by atoms with Crippen LogP contribution in [0.4, 0.5) is 0 Å². The Hall–Kier alpha value is -2.17. The monoisotopic (exact) mass is 285 g/mol. The lowest BCUT2D eigenvalue weighted by molar-refractivity contribution is -0.151. The first kappa shape index (κ1) is 15.2. The Morgan fingerprint density at radius 3 is 1.62 bits per heavy atom. The SMILES string of the molecule is CN(C)[C@H](C(=O)O)C(O)(c1ccccc1)c1ccccc1. The van der Waals surface area contributed by atoms with Crippen molar-refractivity contribution < 1.29 is 15.0 Å². The number of hydrogen-bond acceptors (Lipinski definition) is 3. The second-order valence-corrected chi connectivity index (χ2v) is 5.20. The van der Waals surface area contributed by atoms with Crippen LogP contribution in [-0.2, 0) is 10.4 Å². The van der Waals surface area contributed by atoms with Crippen LogP contribution >= 0.6 is 0 Å². The van der Waals surface area contributed by atoms with E-state index in [2.05, 4.69) is 0 Å². The molecule has 21 heavy (non-hydrogen) atoms. The van der Waals surface area contributed by atoms with Gasteiger partial charge in [0.05, 0.1) is 0 Å². The molecule has 4 heteroatoms. The summed E-state index contributed by atoms with van der Waals surface area (Å²) in [4.78, 5) is 13.2. The highest BCUT2D eigenvalue weighted by Gasteiger charge is 2.46. The molecule has 0 amide bonds. The van der Waals surface area contributed by atoms with Gasteiger partial charge in [0.1, 0.15) is 11.6 Å². The van der Waals surface area contributed by atoms with Crippen LogP contribution in [0.3, 0.4) is 0 Å². The maximum atomic E-state index is 11.7. The lowest BCUT2D eigenvalue weighted by atomic mass is 9.79. The Morgan fingerprint density at radius 1 is 0.952 bits per heavy atom. The zero-order chi connectivity index (χ0) is 15.5. The minimum absolute atomic E-state index is 0.553. The molecule has 0 unspecified atom stereocenters. The topological polar surface area (TPSA) is 60.8 Å². The van der Waals surface area contributed by atoms with Crippen LogP contribution in [0, 0.1) is 0 Å². The van der Waals surface area contributed by atoms with Gasteiger partial charge in [0.15, 0.2) is 0 Å². The van der Waals surface area contributed by atoms with E-state index in [1.165, 1.54) is 4.90 Å². The molecular weight excluding hydrogens is 266 g/mol. The number of aliphatic hydroxyl groups is 1. The lowest BCUT2D eigenvalue weighted by Crippen LogP contribution is -2.53. The number of rotatable bonds is 5. The highest BCUT2D eigenvalue weighted by atomic mass is 16.4. The van der Waals surface area contributed by atoms with Crippen molar-refractivity contribution >= 4 is 5.97 Å². The summed E-state index contributed by atoms with van der Waals surface area (Å²) in [7, 11) is 3.30. The fourth-order valence-corrected chi connectivity index (χ4v) is 2.64. The Bertz CT molecular complexity index is 556. The van der Waals surface area contributed by atoms with E-state index in [-0.39, 0.29) is 0 Å². The Balaban J connectivity index is 2.68. The summed E-state index contributed by atoms with van der Waals surface area (Å²) in [5.74, 6) is -1.07. The third kappa shape index (κ3) is 2.82. The number of carboxylic acid groups (broad SMARTS) is 1. The molecule has 0 saturated carbocycles. The molecule has 2 aromatic carbocycles. The van der Waals surface area contributed by atoms with Crippen LogP contribution in [0.2, 0.25) is 0 Å². The van der Waals surface area contributed by atoms with Gasteiger partial charge in [0.25, 0.3) is 0 Å². The van der Waals surface area contributed by atoms with Gasteiger partial charge in [-0.3, -0.25) is 9.69 Å². The smallest absolute Gasteiger partial charge is 0.324 e. The normalized spacial score (nSPS) is 13.1. The Labute approximate surface area is 124 Å². The van der Waals surface area contributed by atoms with Gasteiger partial charge < -0.3 is 10.2 Å². The largest absolute Gasteiger partial charge is 0.480 e. The summed E-state index contributed by atoms with van der Waals surface area (Å²) in [5, 5.41) is 20.9. The molecule has 0 aliphatic carbocycles. The molecule has 0 fully saturated rings. The molecule has 0 aromatic heterocycles. The fourth-order valence-electron chi connectivity index (χ4n) is 2.64.